The minimum Gasteiger partial charge on any atom is -0.344 e. The Labute approximate surface area is 166 Å². The molecular formula is C22H20F3N3O. The van der Waals surface area contributed by atoms with E-state index in [9.17, 15) is 18.0 Å². The third kappa shape index (κ3) is 4.18. The van der Waals surface area contributed by atoms with E-state index in [4.69, 9.17) is 0 Å². The molecule has 1 N–H and O–H groups in total. The highest BCUT2D eigenvalue weighted by Crippen LogP contribution is 2.39. The van der Waals surface area contributed by atoms with Gasteiger partial charge in [0.25, 0.3) is 5.91 Å². The second kappa shape index (κ2) is 7.39. The second-order valence-electron chi connectivity index (χ2n) is 7.29. The molecule has 0 aliphatic heterocycles. The van der Waals surface area contributed by atoms with Crippen LogP contribution in [0.15, 0.2) is 60.7 Å². The molecule has 1 unspecified atom stereocenters. The van der Waals surface area contributed by atoms with Crippen LogP contribution in [0, 0.1) is 0 Å². The number of aromatic nitrogens is 2. The number of alkyl halides is 3. The number of nitrogens with one attached hydrogen (secondary N) is 1. The lowest BCUT2D eigenvalue weighted by Gasteiger charge is -2.16. The van der Waals surface area contributed by atoms with Gasteiger partial charge in [0.15, 0.2) is 0 Å². The van der Waals surface area contributed by atoms with Gasteiger partial charge in [-0.25, -0.2) is 4.68 Å². The molecule has 0 spiro atoms. The number of hydrogen-bond donors (Lipinski definition) is 1. The number of hydrogen-bond acceptors (Lipinski definition) is 2. The van der Waals surface area contributed by atoms with Crippen LogP contribution in [0.4, 0.5) is 13.2 Å². The van der Waals surface area contributed by atoms with Gasteiger partial charge in [0.2, 0.25) is 0 Å². The summed E-state index contributed by atoms with van der Waals surface area (Å²) in [6, 6.07) is 15.5. The highest BCUT2D eigenvalue weighted by molar-refractivity contribution is 5.93. The van der Waals surface area contributed by atoms with Crippen molar-refractivity contribution < 1.29 is 18.0 Å². The molecule has 4 nitrogen and oxygen atoms in total. The molecule has 1 atom stereocenters. The van der Waals surface area contributed by atoms with Crippen LogP contribution < -0.4 is 5.32 Å². The van der Waals surface area contributed by atoms with Crippen molar-refractivity contribution in [2.75, 3.05) is 0 Å². The summed E-state index contributed by atoms with van der Waals surface area (Å²) in [6.45, 7) is 1.67. The molecule has 1 saturated carbocycles. The fourth-order valence-electron chi connectivity index (χ4n) is 3.24. The minimum atomic E-state index is -4.43. The van der Waals surface area contributed by atoms with E-state index in [1.165, 1.54) is 6.07 Å². The second-order valence-corrected chi connectivity index (χ2v) is 7.29. The summed E-state index contributed by atoms with van der Waals surface area (Å²) < 4.78 is 40.6. The first-order valence-electron chi connectivity index (χ1n) is 9.46. The van der Waals surface area contributed by atoms with E-state index in [1.807, 2.05) is 30.3 Å². The van der Waals surface area contributed by atoms with Crippen LogP contribution in [0.5, 0.6) is 0 Å². The maximum absolute atomic E-state index is 13.0. The monoisotopic (exact) mass is 399 g/mol. The Hall–Kier alpha value is -3.09. The average Bonchev–Trinajstić information content (AvgIpc) is 3.46. The van der Waals surface area contributed by atoms with Crippen LogP contribution in [0.1, 0.15) is 59.0 Å². The average molecular weight is 399 g/mol. The first kappa shape index (κ1) is 19.2. The summed E-state index contributed by atoms with van der Waals surface area (Å²) >= 11 is 0. The van der Waals surface area contributed by atoms with Crippen molar-refractivity contribution in [3.63, 3.8) is 0 Å². The van der Waals surface area contributed by atoms with Crippen LogP contribution in [-0.2, 0) is 6.18 Å². The lowest BCUT2D eigenvalue weighted by atomic mass is 10.0. The van der Waals surface area contributed by atoms with Crippen molar-refractivity contribution in [1.29, 1.82) is 0 Å². The Bertz CT molecular complexity index is 1020. The molecule has 29 heavy (non-hydrogen) atoms. The number of amides is 1. The van der Waals surface area contributed by atoms with E-state index in [0.717, 1.165) is 36.4 Å². The van der Waals surface area contributed by atoms with Gasteiger partial charge < -0.3 is 5.32 Å². The third-order valence-electron chi connectivity index (χ3n) is 5.02. The van der Waals surface area contributed by atoms with Crippen LogP contribution in [0.25, 0.3) is 5.69 Å². The molecule has 1 heterocycles. The number of nitrogens with zero attached hydrogens (tertiary/aromatic N) is 2. The molecule has 4 rings (SSSR count). The quantitative estimate of drug-likeness (QED) is 0.636. The van der Waals surface area contributed by atoms with Gasteiger partial charge in [0, 0.05) is 5.92 Å². The van der Waals surface area contributed by atoms with Gasteiger partial charge >= 0.3 is 6.18 Å². The van der Waals surface area contributed by atoms with Crippen molar-refractivity contribution in [3.05, 3.63) is 83.2 Å². The van der Waals surface area contributed by atoms with E-state index in [-0.39, 0.29) is 5.91 Å². The van der Waals surface area contributed by atoms with E-state index in [2.05, 4.69) is 10.4 Å². The number of carbonyl (C=O) groups excluding carboxylic acids is 1. The molecule has 7 heteroatoms. The molecule has 1 aliphatic carbocycles. The Kier molecular flexibility index (Phi) is 4.90. The predicted molar refractivity (Wildman–Crippen MR) is 103 cm³/mol. The van der Waals surface area contributed by atoms with Crippen LogP contribution in [0.2, 0.25) is 0 Å². The molecule has 0 saturated heterocycles. The van der Waals surface area contributed by atoms with Crippen molar-refractivity contribution >= 4 is 5.91 Å². The first-order valence-corrected chi connectivity index (χ1v) is 9.46. The smallest absolute Gasteiger partial charge is 0.344 e. The number of rotatable bonds is 5. The Morgan fingerprint density at radius 1 is 1.10 bits per heavy atom. The summed E-state index contributed by atoms with van der Waals surface area (Å²) in [4.78, 5) is 13.0. The fraction of sp³-hybridized carbons (Fsp3) is 0.273. The van der Waals surface area contributed by atoms with E-state index >= 15 is 0 Å². The molecule has 1 aromatic heterocycles. The normalized spacial score (nSPS) is 15.2. The van der Waals surface area contributed by atoms with Gasteiger partial charge in [0.1, 0.15) is 5.69 Å². The third-order valence-corrected chi connectivity index (χ3v) is 5.02. The predicted octanol–water partition coefficient (Wildman–Crippen LogP) is 5.26. The Morgan fingerprint density at radius 3 is 2.48 bits per heavy atom. The highest BCUT2D eigenvalue weighted by atomic mass is 19.4. The maximum atomic E-state index is 13.0. The molecule has 1 amide bonds. The standard InChI is InChI=1S/C22H20F3N3O/c1-14(16-6-5-7-17(12-16)22(23,24)25)26-21(29)20-13-19(15-10-11-15)27-28(20)18-8-3-2-4-9-18/h2-9,12-15H,10-11H2,1H3,(H,26,29). The van der Waals surface area contributed by atoms with Gasteiger partial charge in [-0.05, 0) is 55.7 Å². The lowest BCUT2D eigenvalue weighted by molar-refractivity contribution is -0.137. The number of benzene rings is 2. The minimum absolute atomic E-state index is 0.368. The molecule has 1 aliphatic rings. The summed E-state index contributed by atoms with van der Waals surface area (Å²) in [5.74, 6) is -0.00873. The molecule has 150 valence electrons. The molecule has 0 radical (unpaired) electrons. The summed E-state index contributed by atoms with van der Waals surface area (Å²) in [6.07, 6.45) is -2.33. The largest absolute Gasteiger partial charge is 0.416 e. The van der Waals surface area contributed by atoms with Crippen LogP contribution >= 0.6 is 0 Å². The number of carbonyl (C=O) groups is 1. The first-order chi connectivity index (χ1) is 13.8. The Morgan fingerprint density at radius 2 is 1.83 bits per heavy atom. The number of halogens is 3. The van der Waals surface area contributed by atoms with Gasteiger partial charge in [-0.1, -0.05) is 30.3 Å². The lowest BCUT2D eigenvalue weighted by Crippen LogP contribution is -2.28. The van der Waals surface area contributed by atoms with Crippen molar-refractivity contribution in [2.45, 2.75) is 37.9 Å². The highest BCUT2D eigenvalue weighted by Gasteiger charge is 2.31. The van der Waals surface area contributed by atoms with Crippen molar-refractivity contribution in [1.82, 2.24) is 15.1 Å². The molecule has 2 aromatic carbocycles. The SMILES string of the molecule is CC(NC(=O)c1cc(C2CC2)nn1-c1ccccc1)c1cccc(C(F)(F)F)c1. The molecule has 1 fully saturated rings. The van der Waals surface area contributed by atoms with Crippen LogP contribution in [-0.4, -0.2) is 15.7 Å². The van der Waals surface area contributed by atoms with E-state index < -0.39 is 17.8 Å². The summed E-state index contributed by atoms with van der Waals surface area (Å²) in [7, 11) is 0. The zero-order chi connectivity index (χ0) is 20.6. The van der Waals surface area contributed by atoms with E-state index in [1.54, 1.807) is 23.7 Å². The van der Waals surface area contributed by atoms with Gasteiger partial charge in [0.05, 0.1) is 23.0 Å². The molecular weight excluding hydrogens is 379 g/mol. The molecule has 3 aromatic rings. The topological polar surface area (TPSA) is 46.9 Å². The summed E-state index contributed by atoms with van der Waals surface area (Å²) in [5.41, 5.74) is 1.65. The molecule has 0 bridgehead atoms. The zero-order valence-electron chi connectivity index (χ0n) is 15.8. The zero-order valence-corrected chi connectivity index (χ0v) is 15.8. The maximum Gasteiger partial charge on any atom is 0.416 e. The number of para-hydroxylation sites is 1. The van der Waals surface area contributed by atoms with Crippen molar-refractivity contribution in [3.8, 4) is 5.69 Å². The van der Waals surface area contributed by atoms with Gasteiger partial charge in [-0.15, -0.1) is 0 Å². The Balaban J connectivity index is 1.60. The fourth-order valence-corrected chi connectivity index (χ4v) is 3.24. The van der Waals surface area contributed by atoms with E-state index in [0.29, 0.717) is 17.2 Å². The van der Waals surface area contributed by atoms with Crippen LogP contribution in [0.3, 0.4) is 0 Å². The van der Waals surface area contributed by atoms with Gasteiger partial charge in [-0.2, -0.15) is 18.3 Å². The van der Waals surface area contributed by atoms with Crippen molar-refractivity contribution in [2.24, 2.45) is 0 Å². The summed E-state index contributed by atoms with van der Waals surface area (Å²) in [5, 5.41) is 7.40. The van der Waals surface area contributed by atoms with Gasteiger partial charge in [-0.3, -0.25) is 4.79 Å².